The highest BCUT2D eigenvalue weighted by molar-refractivity contribution is 7.99. The number of halogens is 1. The van der Waals surface area contributed by atoms with Crippen molar-refractivity contribution in [3.8, 4) is 22.9 Å². The maximum absolute atomic E-state index is 13.4. The van der Waals surface area contributed by atoms with Crippen LogP contribution in [0.4, 0.5) is 4.39 Å². The second-order valence-electron chi connectivity index (χ2n) is 7.27. The zero-order valence-electron chi connectivity index (χ0n) is 16.8. The van der Waals surface area contributed by atoms with Crippen molar-refractivity contribution in [2.45, 2.75) is 16.3 Å². The van der Waals surface area contributed by atoms with Crippen LogP contribution in [0.2, 0.25) is 0 Å². The minimum absolute atomic E-state index is 0.0484. The normalized spacial score (nSPS) is 11.2. The Morgan fingerprint density at radius 2 is 1.56 bits per heavy atom. The fraction of sp³-hybridized carbons (Fsp3) is 0.0400. The largest absolute Gasteiger partial charge is 0.508 e. The quantitative estimate of drug-likeness (QED) is 0.365. The first-order valence-electron chi connectivity index (χ1n) is 9.94. The van der Waals surface area contributed by atoms with Gasteiger partial charge in [0.1, 0.15) is 22.3 Å². The van der Waals surface area contributed by atoms with Crippen molar-refractivity contribution < 1.29 is 14.6 Å². The van der Waals surface area contributed by atoms with E-state index >= 15 is 0 Å². The molecule has 0 spiro atoms. The number of hydrogen-bond acceptors (Lipinski definition) is 5. The van der Waals surface area contributed by atoms with Gasteiger partial charge in [0, 0.05) is 23.1 Å². The first-order valence-corrected chi connectivity index (χ1v) is 10.8. The smallest absolute Gasteiger partial charge is 0.219 e. The molecule has 2 aromatic heterocycles. The van der Waals surface area contributed by atoms with Gasteiger partial charge in [-0.1, -0.05) is 42.1 Å². The summed E-state index contributed by atoms with van der Waals surface area (Å²) in [7, 11) is 0. The summed E-state index contributed by atoms with van der Waals surface area (Å²) in [5.41, 5.74) is 3.49. The molecular formula is C25H18FN3O2S. The van der Waals surface area contributed by atoms with E-state index in [2.05, 4.69) is 4.98 Å². The molecule has 0 aliphatic rings. The van der Waals surface area contributed by atoms with Crippen molar-refractivity contribution in [3.05, 3.63) is 102 Å². The van der Waals surface area contributed by atoms with Gasteiger partial charge in [0.2, 0.25) is 5.88 Å². The van der Waals surface area contributed by atoms with E-state index in [0.29, 0.717) is 28.5 Å². The van der Waals surface area contributed by atoms with E-state index in [9.17, 15) is 14.6 Å². The number of benzene rings is 3. The monoisotopic (exact) mass is 443 g/mol. The first kappa shape index (κ1) is 20.1. The Morgan fingerprint density at radius 1 is 0.844 bits per heavy atom. The Kier molecular flexibility index (Phi) is 5.25. The van der Waals surface area contributed by atoms with Crippen molar-refractivity contribution in [1.82, 2.24) is 14.4 Å². The molecular weight excluding hydrogens is 425 g/mol. The number of fused-ring (bicyclic) bond motifs is 1. The van der Waals surface area contributed by atoms with Crippen molar-refractivity contribution in [2.75, 3.05) is 0 Å². The van der Waals surface area contributed by atoms with E-state index in [1.54, 1.807) is 47.0 Å². The molecule has 3 aromatic carbocycles. The lowest BCUT2D eigenvalue weighted by Crippen LogP contribution is -1.95. The van der Waals surface area contributed by atoms with Gasteiger partial charge in [-0.15, -0.1) is 0 Å². The number of nitrogens with zero attached hydrogens (tertiary/aromatic N) is 3. The van der Waals surface area contributed by atoms with E-state index in [-0.39, 0.29) is 17.4 Å². The molecule has 5 nitrogen and oxygen atoms in total. The van der Waals surface area contributed by atoms with Gasteiger partial charge in [-0.3, -0.25) is 4.40 Å². The average molecular weight is 444 g/mol. The fourth-order valence-corrected chi connectivity index (χ4v) is 4.29. The van der Waals surface area contributed by atoms with Gasteiger partial charge in [0.05, 0.1) is 5.69 Å². The van der Waals surface area contributed by atoms with Gasteiger partial charge in [-0.25, -0.2) is 14.4 Å². The van der Waals surface area contributed by atoms with Crippen LogP contribution in [0.15, 0.2) is 95.0 Å². The Labute approximate surface area is 187 Å². The van der Waals surface area contributed by atoms with E-state index < -0.39 is 0 Å². The number of rotatable bonds is 5. The summed E-state index contributed by atoms with van der Waals surface area (Å²) in [6, 6.07) is 22.6. The third-order valence-corrected chi connectivity index (χ3v) is 6.00. The number of phenolic OH excluding ortho intramolecular Hbond substituents is 1. The highest BCUT2D eigenvalue weighted by Crippen LogP contribution is 2.35. The van der Waals surface area contributed by atoms with E-state index in [4.69, 9.17) is 4.98 Å². The predicted octanol–water partition coefficient (Wildman–Crippen LogP) is 5.69. The number of phenols is 1. The molecule has 0 fully saturated rings. The molecule has 7 heteroatoms. The maximum Gasteiger partial charge on any atom is 0.219 e. The van der Waals surface area contributed by atoms with Crippen LogP contribution in [-0.4, -0.2) is 24.6 Å². The molecule has 0 atom stereocenters. The molecule has 0 bridgehead atoms. The number of hydrogen-bond donors (Lipinski definition) is 2. The van der Waals surface area contributed by atoms with Gasteiger partial charge in [-0.2, -0.15) is 0 Å². The summed E-state index contributed by atoms with van der Waals surface area (Å²) in [4.78, 5) is 10.3. The summed E-state index contributed by atoms with van der Waals surface area (Å²) in [5.74, 6) is -0.104. The summed E-state index contributed by atoms with van der Waals surface area (Å²) in [5, 5.41) is 21.2. The highest BCUT2D eigenvalue weighted by Gasteiger charge is 2.18. The standard InChI is InChI=1S/C25H18FN3O2S/c26-18-8-12-20(13-9-18)32-24-23-27-21(14-16-4-2-1-3-5-16)25(31)29(23)15-22(28-24)17-6-10-19(30)11-7-17/h1-13,15,30-31H,14H2. The van der Waals surface area contributed by atoms with Crippen molar-refractivity contribution in [3.63, 3.8) is 0 Å². The predicted molar refractivity (Wildman–Crippen MR) is 122 cm³/mol. The van der Waals surface area contributed by atoms with E-state index in [0.717, 1.165) is 16.0 Å². The van der Waals surface area contributed by atoms with E-state index in [1.165, 1.54) is 23.9 Å². The number of aromatic hydroxyl groups is 2. The average Bonchev–Trinajstić information content (AvgIpc) is 3.12. The molecule has 158 valence electrons. The minimum atomic E-state index is -0.311. The van der Waals surface area contributed by atoms with Crippen LogP contribution < -0.4 is 0 Å². The highest BCUT2D eigenvalue weighted by atomic mass is 32.2. The van der Waals surface area contributed by atoms with Crippen molar-refractivity contribution in [1.29, 1.82) is 0 Å². The van der Waals surface area contributed by atoms with Crippen molar-refractivity contribution in [2.24, 2.45) is 0 Å². The Morgan fingerprint density at radius 3 is 2.28 bits per heavy atom. The summed E-state index contributed by atoms with van der Waals surface area (Å²) >= 11 is 1.34. The van der Waals surface area contributed by atoms with Crippen LogP contribution in [-0.2, 0) is 6.42 Å². The lowest BCUT2D eigenvalue weighted by molar-refractivity contribution is 0.442. The van der Waals surface area contributed by atoms with Gasteiger partial charge < -0.3 is 10.2 Å². The molecule has 0 radical (unpaired) electrons. The molecule has 0 saturated heterocycles. The van der Waals surface area contributed by atoms with E-state index in [1.807, 2.05) is 30.3 Å². The third kappa shape index (κ3) is 4.02. The Bertz CT molecular complexity index is 1390. The van der Waals surface area contributed by atoms with Gasteiger partial charge in [0.15, 0.2) is 5.65 Å². The Balaban J connectivity index is 1.64. The molecule has 0 amide bonds. The van der Waals surface area contributed by atoms with Gasteiger partial charge >= 0.3 is 0 Å². The molecule has 0 saturated carbocycles. The SMILES string of the molecule is Oc1ccc(-c2cn3c(O)c(Cc4ccccc4)nc3c(Sc3ccc(F)cc3)n2)cc1. The molecule has 0 aliphatic heterocycles. The van der Waals surface area contributed by atoms with Crippen LogP contribution in [0.1, 0.15) is 11.3 Å². The summed E-state index contributed by atoms with van der Waals surface area (Å²) < 4.78 is 15.0. The molecule has 2 heterocycles. The molecule has 5 rings (SSSR count). The molecule has 32 heavy (non-hydrogen) atoms. The minimum Gasteiger partial charge on any atom is -0.508 e. The van der Waals surface area contributed by atoms with Gasteiger partial charge in [-0.05, 0) is 54.1 Å². The Hall–Kier alpha value is -3.84. The zero-order chi connectivity index (χ0) is 22.1. The number of aromatic nitrogens is 3. The van der Waals surface area contributed by atoms with Gasteiger partial charge in [0.25, 0.3) is 0 Å². The third-order valence-electron chi connectivity index (χ3n) is 5.03. The number of imidazole rings is 1. The molecule has 5 aromatic rings. The van der Waals surface area contributed by atoms with Crippen LogP contribution in [0, 0.1) is 5.82 Å². The second-order valence-corrected chi connectivity index (χ2v) is 8.33. The lowest BCUT2D eigenvalue weighted by Gasteiger charge is -2.08. The topological polar surface area (TPSA) is 70.7 Å². The summed E-state index contributed by atoms with van der Waals surface area (Å²) in [6.45, 7) is 0. The lowest BCUT2D eigenvalue weighted by atomic mass is 10.1. The van der Waals surface area contributed by atoms with Crippen LogP contribution in [0.25, 0.3) is 16.9 Å². The van der Waals surface area contributed by atoms with Crippen LogP contribution >= 0.6 is 11.8 Å². The first-order chi connectivity index (χ1) is 15.6. The second kappa shape index (κ2) is 8.36. The summed E-state index contributed by atoms with van der Waals surface area (Å²) in [6.07, 6.45) is 2.21. The fourth-order valence-electron chi connectivity index (χ4n) is 3.42. The van der Waals surface area contributed by atoms with Crippen LogP contribution in [0.5, 0.6) is 11.6 Å². The van der Waals surface area contributed by atoms with Crippen molar-refractivity contribution >= 4 is 17.4 Å². The zero-order valence-corrected chi connectivity index (χ0v) is 17.6. The maximum atomic E-state index is 13.4. The van der Waals surface area contributed by atoms with Crippen LogP contribution in [0.3, 0.4) is 0 Å². The molecule has 0 unspecified atom stereocenters. The molecule has 0 aliphatic carbocycles. The molecule has 2 N–H and O–H groups in total.